The monoisotopic (exact) mass is 270 g/mol. The van der Waals surface area contributed by atoms with E-state index in [4.69, 9.17) is 4.74 Å². The standard InChI is InChI=1S/C14H26N2O3/c1-11(17)9-15-5-7-16(8-6-15)14(18)12(2)19-10-13-3-4-13/h11-13,17H,3-10H2,1-2H3/t11-,12+/m1/s1. The maximum Gasteiger partial charge on any atom is 0.251 e. The highest BCUT2D eigenvalue weighted by atomic mass is 16.5. The molecule has 1 heterocycles. The van der Waals surface area contributed by atoms with Gasteiger partial charge in [-0.05, 0) is 32.6 Å². The zero-order valence-corrected chi connectivity index (χ0v) is 12.0. The Labute approximate surface area is 115 Å². The molecule has 110 valence electrons. The maximum atomic E-state index is 12.2. The summed E-state index contributed by atoms with van der Waals surface area (Å²) >= 11 is 0. The predicted molar refractivity (Wildman–Crippen MR) is 72.8 cm³/mol. The van der Waals surface area contributed by atoms with Gasteiger partial charge in [0, 0.05) is 32.7 Å². The van der Waals surface area contributed by atoms with Gasteiger partial charge < -0.3 is 14.7 Å². The molecule has 1 aliphatic heterocycles. The molecule has 0 aromatic carbocycles. The van der Waals surface area contributed by atoms with Crippen LogP contribution in [-0.2, 0) is 9.53 Å². The van der Waals surface area contributed by atoms with Crippen molar-refractivity contribution >= 4 is 5.91 Å². The van der Waals surface area contributed by atoms with Crippen molar-refractivity contribution in [3.63, 3.8) is 0 Å². The average Bonchev–Trinajstić information content (AvgIpc) is 3.19. The SMILES string of the molecule is C[C@H](OCC1CC1)C(=O)N1CCN(C[C@@H](C)O)CC1. The molecule has 2 fully saturated rings. The Hall–Kier alpha value is -0.650. The number of aliphatic hydroxyl groups is 1. The number of carbonyl (C=O) groups is 1. The first-order valence-corrected chi connectivity index (χ1v) is 7.37. The third-order valence-electron chi connectivity index (χ3n) is 3.83. The summed E-state index contributed by atoms with van der Waals surface area (Å²) in [6.45, 7) is 8.23. The van der Waals surface area contributed by atoms with Crippen LogP contribution in [0.25, 0.3) is 0 Å². The lowest BCUT2D eigenvalue weighted by Gasteiger charge is -2.36. The summed E-state index contributed by atoms with van der Waals surface area (Å²) in [6.07, 6.45) is 1.88. The second kappa shape index (κ2) is 6.68. The summed E-state index contributed by atoms with van der Waals surface area (Å²) in [5, 5.41) is 9.35. The highest BCUT2D eigenvalue weighted by Crippen LogP contribution is 2.29. The van der Waals surface area contributed by atoms with Crippen molar-refractivity contribution < 1.29 is 14.6 Å². The molecule has 2 rings (SSSR count). The third kappa shape index (κ3) is 4.75. The Morgan fingerprint density at radius 3 is 2.42 bits per heavy atom. The highest BCUT2D eigenvalue weighted by molar-refractivity contribution is 5.80. The van der Waals surface area contributed by atoms with Crippen molar-refractivity contribution in [2.45, 2.75) is 38.9 Å². The Balaban J connectivity index is 1.68. The van der Waals surface area contributed by atoms with E-state index in [1.54, 1.807) is 6.92 Å². The van der Waals surface area contributed by atoms with Crippen LogP contribution in [0.5, 0.6) is 0 Å². The first-order chi connectivity index (χ1) is 9.06. The molecular formula is C14H26N2O3. The van der Waals surface area contributed by atoms with Gasteiger partial charge in [-0.15, -0.1) is 0 Å². The lowest BCUT2D eigenvalue weighted by Crippen LogP contribution is -2.52. The number of piperazine rings is 1. The molecular weight excluding hydrogens is 244 g/mol. The van der Waals surface area contributed by atoms with Gasteiger partial charge in [0.05, 0.1) is 12.7 Å². The number of amides is 1. The fraction of sp³-hybridized carbons (Fsp3) is 0.929. The Morgan fingerprint density at radius 1 is 1.26 bits per heavy atom. The summed E-state index contributed by atoms with van der Waals surface area (Å²) in [7, 11) is 0. The van der Waals surface area contributed by atoms with Crippen molar-refractivity contribution in [1.82, 2.24) is 9.80 Å². The lowest BCUT2D eigenvalue weighted by atomic mass is 10.2. The van der Waals surface area contributed by atoms with Crippen LogP contribution in [0.15, 0.2) is 0 Å². The van der Waals surface area contributed by atoms with E-state index in [0.717, 1.165) is 32.8 Å². The fourth-order valence-electron chi connectivity index (χ4n) is 2.42. The lowest BCUT2D eigenvalue weighted by molar-refractivity contribution is -0.144. The molecule has 0 unspecified atom stereocenters. The number of rotatable bonds is 6. The molecule has 0 radical (unpaired) electrons. The number of nitrogens with zero attached hydrogens (tertiary/aromatic N) is 2. The largest absolute Gasteiger partial charge is 0.392 e. The Bertz CT molecular complexity index is 297. The normalized spacial score (nSPS) is 24.3. The Morgan fingerprint density at radius 2 is 1.89 bits per heavy atom. The van der Waals surface area contributed by atoms with E-state index >= 15 is 0 Å². The molecule has 1 N–H and O–H groups in total. The van der Waals surface area contributed by atoms with Gasteiger partial charge in [0.15, 0.2) is 0 Å². The summed E-state index contributed by atoms with van der Waals surface area (Å²) in [5.74, 6) is 0.801. The van der Waals surface area contributed by atoms with Gasteiger partial charge in [-0.2, -0.15) is 0 Å². The van der Waals surface area contributed by atoms with Crippen LogP contribution in [0, 0.1) is 5.92 Å². The molecule has 0 aromatic rings. The number of ether oxygens (including phenoxy) is 1. The number of hydrogen-bond acceptors (Lipinski definition) is 4. The van der Waals surface area contributed by atoms with Gasteiger partial charge in [0.25, 0.3) is 5.91 Å². The minimum absolute atomic E-state index is 0.109. The molecule has 0 aromatic heterocycles. The second-order valence-electron chi connectivity index (χ2n) is 5.89. The molecule has 5 heteroatoms. The zero-order chi connectivity index (χ0) is 13.8. The average molecular weight is 270 g/mol. The van der Waals surface area contributed by atoms with Gasteiger partial charge in [-0.3, -0.25) is 9.69 Å². The number of β-amino-alcohol motifs (C(OH)–C–C–N with tert-alkyl or cyclic N) is 1. The predicted octanol–water partition coefficient (Wildman–Crippen LogP) is 0.327. The van der Waals surface area contributed by atoms with Crippen molar-refractivity contribution in [1.29, 1.82) is 0 Å². The smallest absolute Gasteiger partial charge is 0.251 e. The van der Waals surface area contributed by atoms with Crippen LogP contribution in [0.3, 0.4) is 0 Å². The summed E-state index contributed by atoms with van der Waals surface area (Å²) in [4.78, 5) is 16.3. The molecule has 1 aliphatic carbocycles. The van der Waals surface area contributed by atoms with E-state index in [2.05, 4.69) is 4.90 Å². The first-order valence-electron chi connectivity index (χ1n) is 7.37. The van der Waals surface area contributed by atoms with Crippen molar-refractivity contribution in [2.75, 3.05) is 39.3 Å². The topological polar surface area (TPSA) is 53.0 Å². The maximum absolute atomic E-state index is 12.2. The molecule has 1 saturated carbocycles. The molecule has 2 atom stereocenters. The molecule has 1 amide bonds. The number of aliphatic hydroxyl groups excluding tert-OH is 1. The van der Waals surface area contributed by atoms with Crippen molar-refractivity contribution in [2.24, 2.45) is 5.92 Å². The fourth-order valence-corrected chi connectivity index (χ4v) is 2.42. The van der Waals surface area contributed by atoms with Crippen molar-refractivity contribution in [3.8, 4) is 0 Å². The van der Waals surface area contributed by atoms with E-state index in [0.29, 0.717) is 12.5 Å². The van der Waals surface area contributed by atoms with E-state index in [1.165, 1.54) is 12.8 Å². The number of hydrogen-bond donors (Lipinski definition) is 1. The van der Waals surface area contributed by atoms with Crippen LogP contribution in [-0.4, -0.2) is 72.4 Å². The van der Waals surface area contributed by atoms with Crippen LogP contribution in [0.1, 0.15) is 26.7 Å². The molecule has 0 spiro atoms. The molecule has 2 aliphatic rings. The van der Waals surface area contributed by atoms with Gasteiger partial charge in [0.2, 0.25) is 0 Å². The van der Waals surface area contributed by atoms with Crippen LogP contribution in [0.2, 0.25) is 0 Å². The van der Waals surface area contributed by atoms with Gasteiger partial charge >= 0.3 is 0 Å². The minimum atomic E-state index is -0.316. The quantitative estimate of drug-likeness (QED) is 0.755. The van der Waals surface area contributed by atoms with E-state index in [1.807, 2.05) is 11.8 Å². The van der Waals surface area contributed by atoms with Gasteiger partial charge in [-0.1, -0.05) is 0 Å². The molecule has 19 heavy (non-hydrogen) atoms. The summed E-state index contributed by atoms with van der Waals surface area (Å²) in [5.41, 5.74) is 0. The van der Waals surface area contributed by atoms with E-state index in [9.17, 15) is 9.90 Å². The minimum Gasteiger partial charge on any atom is -0.392 e. The third-order valence-corrected chi connectivity index (χ3v) is 3.83. The van der Waals surface area contributed by atoms with Crippen LogP contribution < -0.4 is 0 Å². The molecule has 0 bridgehead atoms. The van der Waals surface area contributed by atoms with E-state index in [-0.39, 0.29) is 18.1 Å². The first kappa shape index (κ1) is 14.8. The second-order valence-corrected chi connectivity index (χ2v) is 5.89. The highest BCUT2D eigenvalue weighted by Gasteiger charge is 2.28. The summed E-state index contributed by atoms with van der Waals surface area (Å²) in [6, 6.07) is 0. The molecule has 5 nitrogen and oxygen atoms in total. The van der Waals surface area contributed by atoms with Crippen LogP contribution in [0.4, 0.5) is 0 Å². The summed E-state index contributed by atoms with van der Waals surface area (Å²) < 4.78 is 5.63. The molecule has 1 saturated heterocycles. The zero-order valence-electron chi connectivity index (χ0n) is 12.0. The number of carbonyl (C=O) groups excluding carboxylic acids is 1. The van der Waals surface area contributed by atoms with Crippen LogP contribution >= 0.6 is 0 Å². The van der Waals surface area contributed by atoms with Gasteiger partial charge in [0.1, 0.15) is 6.10 Å². The Kier molecular flexibility index (Phi) is 5.19. The van der Waals surface area contributed by atoms with Gasteiger partial charge in [-0.25, -0.2) is 0 Å². The van der Waals surface area contributed by atoms with Crippen molar-refractivity contribution in [3.05, 3.63) is 0 Å². The van der Waals surface area contributed by atoms with E-state index < -0.39 is 0 Å².